The summed E-state index contributed by atoms with van der Waals surface area (Å²) in [6.45, 7) is 2.27. The van der Waals surface area contributed by atoms with E-state index in [4.69, 9.17) is 12.2 Å². The third kappa shape index (κ3) is 16.1. The molecule has 0 aliphatic rings. The van der Waals surface area contributed by atoms with Gasteiger partial charge in [0.1, 0.15) is 0 Å². The van der Waals surface area contributed by atoms with Crippen LogP contribution in [-0.4, -0.2) is 10.6 Å². The van der Waals surface area contributed by atoms with E-state index in [1.54, 1.807) is 0 Å². The van der Waals surface area contributed by atoms with Crippen LogP contribution in [0.4, 0.5) is 0 Å². The Morgan fingerprint density at radius 2 is 1.37 bits per heavy atom. The predicted molar refractivity (Wildman–Crippen MR) is 96.7 cm³/mol. The highest BCUT2D eigenvalue weighted by Gasteiger charge is 1.93. The van der Waals surface area contributed by atoms with Crippen molar-refractivity contribution in [3.8, 4) is 0 Å². The highest BCUT2D eigenvalue weighted by Crippen LogP contribution is 2.09. The molecular weight excluding hydrogens is 268 g/mol. The van der Waals surface area contributed by atoms with Crippen LogP contribution in [-0.2, 0) is 0 Å². The first-order chi connectivity index (χ1) is 9.31. The zero-order chi connectivity index (χ0) is 14.2. The first-order valence-corrected chi connectivity index (χ1v) is 9.13. The number of thiocarbonyl (C=S) groups is 1. The summed E-state index contributed by atoms with van der Waals surface area (Å²) in [5.41, 5.74) is 0. The van der Waals surface area contributed by atoms with Crippen molar-refractivity contribution in [3.63, 3.8) is 0 Å². The molecule has 0 spiro atoms. The SMILES string of the molecule is CCCCCCCCC=CCCCCCC(=S)CS. The Morgan fingerprint density at radius 1 is 0.842 bits per heavy atom. The van der Waals surface area contributed by atoms with Gasteiger partial charge in [0, 0.05) is 10.6 Å². The summed E-state index contributed by atoms with van der Waals surface area (Å²) < 4.78 is 0. The molecule has 2 heteroatoms. The van der Waals surface area contributed by atoms with Gasteiger partial charge in [-0.15, -0.1) is 0 Å². The highest BCUT2D eigenvalue weighted by atomic mass is 32.1. The molecule has 0 aromatic rings. The third-order valence-electron chi connectivity index (χ3n) is 3.39. The van der Waals surface area contributed by atoms with Gasteiger partial charge in [0.25, 0.3) is 0 Å². The second-order valence-electron chi connectivity index (χ2n) is 5.32. The quantitative estimate of drug-likeness (QED) is 0.164. The molecule has 0 atom stereocenters. The normalized spacial score (nSPS) is 11.3. The minimum Gasteiger partial charge on any atom is -0.174 e. The fourth-order valence-corrected chi connectivity index (χ4v) is 2.42. The van der Waals surface area contributed by atoms with Crippen molar-refractivity contribution in [2.75, 3.05) is 5.75 Å². The van der Waals surface area contributed by atoms with Crippen molar-refractivity contribution in [1.29, 1.82) is 0 Å². The van der Waals surface area contributed by atoms with Crippen molar-refractivity contribution in [3.05, 3.63) is 12.2 Å². The third-order valence-corrected chi connectivity index (χ3v) is 4.34. The van der Waals surface area contributed by atoms with Crippen molar-refractivity contribution in [1.82, 2.24) is 0 Å². The molecule has 0 rings (SSSR count). The zero-order valence-corrected chi connectivity index (χ0v) is 14.4. The van der Waals surface area contributed by atoms with Gasteiger partial charge in [0.15, 0.2) is 0 Å². The van der Waals surface area contributed by atoms with Crippen molar-refractivity contribution in [2.24, 2.45) is 0 Å². The van der Waals surface area contributed by atoms with E-state index >= 15 is 0 Å². The summed E-state index contributed by atoms with van der Waals surface area (Å²) >= 11 is 9.33. The van der Waals surface area contributed by atoms with Crippen LogP contribution in [0.25, 0.3) is 0 Å². The smallest absolute Gasteiger partial charge is 0.0218 e. The fourth-order valence-electron chi connectivity index (χ4n) is 2.12. The van der Waals surface area contributed by atoms with Crippen LogP contribution < -0.4 is 0 Å². The summed E-state index contributed by atoms with van der Waals surface area (Å²) in [7, 11) is 0. The van der Waals surface area contributed by atoms with Gasteiger partial charge in [0.2, 0.25) is 0 Å². The van der Waals surface area contributed by atoms with Crippen LogP contribution in [0.15, 0.2) is 12.2 Å². The number of allylic oxidation sites excluding steroid dienone is 2. The molecule has 0 aliphatic carbocycles. The summed E-state index contributed by atoms with van der Waals surface area (Å²) in [4.78, 5) is 1.11. The Kier molecular flexibility index (Phi) is 16.4. The maximum Gasteiger partial charge on any atom is 0.0218 e. The van der Waals surface area contributed by atoms with E-state index in [0.29, 0.717) is 0 Å². The molecule has 0 aliphatic heterocycles. The molecule has 0 nitrogen and oxygen atoms in total. The lowest BCUT2D eigenvalue weighted by Gasteiger charge is -1.99. The van der Waals surface area contributed by atoms with Gasteiger partial charge >= 0.3 is 0 Å². The first kappa shape index (κ1) is 19.2. The molecule has 0 amide bonds. The van der Waals surface area contributed by atoms with Crippen molar-refractivity contribution >= 4 is 29.7 Å². The fraction of sp³-hybridized carbons (Fsp3) is 0.824. The van der Waals surface area contributed by atoms with Crippen LogP contribution >= 0.6 is 24.8 Å². The molecule has 0 saturated heterocycles. The van der Waals surface area contributed by atoms with Gasteiger partial charge in [-0.1, -0.05) is 69.8 Å². The molecule has 0 unspecified atom stereocenters. The predicted octanol–water partition coefficient (Wildman–Crippen LogP) is 6.54. The van der Waals surface area contributed by atoms with Crippen LogP contribution in [0.3, 0.4) is 0 Å². The number of hydrogen-bond acceptors (Lipinski definition) is 2. The van der Waals surface area contributed by atoms with Gasteiger partial charge < -0.3 is 0 Å². The van der Waals surface area contributed by atoms with Crippen molar-refractivity contribution < 1.29 is 0 Å². The van der Waals surface area contributed by atoms with E-state index in [1.807, 2.05) is 0 Å². The average Bonchev–Trinajstić information content (AvgIpc) is 2.43. The first-order valence-electron chi connectivity index (χ1n) is 8.08. The summed E-state index contributed by atoms with van der Waals surface area (Å²) in [5, 5.41) is 0. The molecule has 0 aromatic carbocycles. The molecular formula is C17H32S2. The molecule has 0 heterocycles. The minimum atomic E-state index is 0.771. The Morgan fingerprint density at radius 3 is 1.95 bits per heavy atom. The summed E-state index contributed by atoms with van der Waals surface area (Å²) in [5.74, 6) is 0.771. The van der Waals surface area contributed by atoms with Gasteiger partial charge in [-0.05, 0) is 38.5 Å². The molecule has 0 saturated carbocycles. The summed E-state index contributed by atoms with van der Waals surface area (Å²) in [6, 6.07) is 0. The second-order valence-corrected chi connectivity index (χ2v) is 6.22. The minimum absolute atomic E-state index is 0.771. The van der Waals surface area contributed by atoms with E-state index < -0.39 is 0 Å². The maximum absolute atomic E-state index is 5.15. The Balaban J connectivity index is 3.11. The lowest BCUT2D eigenvalue weighted by atomic mass is 10.1. The number of hydrogen-bond donors (Lipinski definition) is 1. The van der Waals surface area contributed by atoms with Gasteiger partial charge in [-0.25, -0.2) is 0 Å². The molecule has 0 bridgehead atoms. The molecule has 0 N–H and O–H groups in total. The van der Waals surface area contributed by atoms with Gasteiger partial charge in [-0.2, -0.15) is 12.6 Å². The van der Waals surface area contributed by atoms with Crippen LogP contribution in [0.1, 0.15) is 84.0 Å². The number of thiol groups is 1. The molecule has 19 heavy (non-hydrogen) atoms. The zero-order valence-electron chi connectivity index (χ0n) is 12.7. The van der Waals surface area contributed by atoms with E-state index in [0.717, 1.165) is 17.0 Å². The molecule has 0 fully saturated rings. The van der Waals surface area contributed by atoms with Crippen LogP contribution in [0.5, 0.6) is 0 Å². The largest absolute Gasteiger partial charge is 0.174 e. The van der Waals surface area contributed by atoms with Gasteiger partial charge in [0.05, 0.1) is 0 Å². The molecule has 0 radical (unpaired) electrons. The lowest BCUT2D eigenvalue weighted by Crippen LogP contribution is -1.94. The van der Waals surface area contributed by atoms with E-state index in [-0.39, 0.29) is 0 Å². The van der Waals surface area contributed by atoms with E-state index in [9.17, 15) is 0 Å². The monoisotopic (exact) mass is 300 g/mol. The summed E-state index contributed by atoms with van der Waals surface area (Å²) in [6.07, 6.45) is 20.6. The van der Waals surface area contributed by atoms with Crippen LogP contribution in [0.2, 0.25) is 0 Å². The number of rotatable bonds is 14. The van der Waals surface area contributed by atoms with E-state index in [1.165, 1.54) is 70.6 Å². The van der Waals surface area contributed by atoms with Crippen LogP contribution in [0, 0.1) is 0 Å². The lowest BCUT2D eigenvalue weighted by molar-refractivity contribution is 0.611. The average molecular weight is 301 g/mol. The Bertz CT molecular complexity index is 221. The van der Waals surface area contributed by atoms with E-state index in [2.05, 4.69) is 31.7 Å². The Hall–Kier alpha value is 0.180. The molecule has 112 valence electrons. The molecule has 0 aromatic heterocycles. The topological polar surface area (TPSA) is 0 Å². The Labute approximate surface area is 131 Å². The maximum atomic E-state index is 5.15. The van der Waals surface area contributed by atoms with Crippen molar-refractivity contribution in [2.45, 2.75) is 84.0 Å². The highest BCUT2D eigenvalue weighted by molar-refractivity contribution is 7.86. The standard InChI is InChI=1S/C17H32S2/c1-2-3-4-5-6-7-8-9-10-11-12-13-14-15-17(19)16-18/h9-10,18H,2-8,11-16H2,1H3. The number of unbranched alkanes of at least 4 members (excludes halogenated alkanes) is 9. The van der Waals surface area contributed by atoms with Gasteiger partial charge in [-0.3, -0.25) is 0 Å². The second kappa shape index (κ2) is 16.2.